The van der Waals surface area contributed by atoms with Crippen molar-refractivity contribution in [3.8, 4) is 0 Å². The molecule has 0 aliphatic carbocycles. The maximum atomic E-state index is 12.2. The lowest BCUT2D eigenvalue weighted by molar-refractivity contribution is -0.120. The number of thiazole rings is 1. The minimum absolute atomic E-state index is 0.0301. The van der Waals surface area contributed by atoms with Gasteiger partial charge in [-0.2, -0.15) is 0 Å². The zero-order chi connectivity index (χ0) is 16.5. The number of benzene rings is 2. The van der Waals surface area contributed by atoms with Crippen LogP contribution >= 0.6 is 11.3 Å². The molecule has 1 amide bonds. The number of fused-ring (bicyclic) bond motifs is 2. The van der Waals surface area contributed by atoms with Crippen LogP contribution in [0.15, 0.2) is 53.1 Å². The zero-order valence-electron chi connectivity index (χ0n) is 13.2. The van der Waals surface area contributed by atoms with Crippen LogP contribution in [0.5, 0.6) is 0 Å². The maximum absolute atomic E-state index is 12.2. The van der Waals surface area contributed by atoms with Gasteiger partial charge in [0.1, 0.15) is 10.6 Å². The first kappa shape index (κ1) is 14.9. The van der Waals surface area contributed by atoms with Crippen molar-refractivity contribution in [2.24, 2.45) is 0 Å². The lowest BCUT2D eigenvalue weighted by Crippen LogP contribution is -2.24. The number of hydrogen-bond acceptors (Lipinski definition) is 4. The summed E-state index contributed by atoms with van der Waals surface area (Å²) in [4.78, 5) is 16.8. The average Bonchev–Trinajstić information content (AvgIpc) is 3.16. The molecule has 4 nitrogen and oxygen atoms in total. The van der Waals surface area contributed by atoms with Crippen LogP contribution in [0.3, 0.4) is 0 Å². The van der Waals surface area contributed by atoms with Crippen molar-refractivity contribution in [3.63, 3.8) is 0 Å². The Hall–Kier alpha value is -2.66. The quantitative estimate of drug-likeness (QED) is 0.607. The fraction of sp³-hybridized carbons (Fsp3) is 0.158. The van der Waals surface area contributed by atoms with Crippen LogP contribution in [0, 0.1) is 6.92 Å². The van der Waals surface area contributed by atoms with Gasteiger partial charge in [0.15, 0.2) is 0 Å². The molecule has 2 aromatic heterocycles. The van der Waals surface area contributed by atoms with E-state index in [9.17, 15) is 4.79 Å². The highest BCUT2D eigenvalue weighted by Crippen LogP contribution is 2.23. The van der Waals surface area contributed by atoms with Crippen LogP contribution in [0.25, 0.3) is 21.2 Å². The molecule has 4 rings (SSSR count). The lowest BCUT2D eigenvalue weighted by atomic mass is 10.1. The van der Waals surface area contributed by atoms with Crippen molar-refractivity contribution in [2.45, 2.75) is 19.9 Å². The second-order valence-electron chi connectivity index (χ2n) is 5.79. The van der Waals surface area contributed by atoms with Crippen LogP contribution in [-0.4, -0.2) is 10.9 Å². The largest absolute Gasteiger partial charge is 0.464 e. The summed E-state index contributed by atoms with van der Waals surface area (Å²) >= 11 is 1.61. The Balaban J connectivity index is 1.44. The third-order valence-corrected chi connectivity index (χ3v) is 4.97. The van der Waals surface area contributed by atoms with Gasteiger partial charge in [0.05, 0.1) is 29.4 Å². The number of carbonyl (C=O) groups is 1. The van der Waals surface area contributed by atoms with Crippen LogP contribution in [-0.2, 0) is 17.8 Å². The summed E-state index contributed by atoms with van der Waals surface area (Å²) in [6.07, 6.45) is 1.97. The van der Waals surface area contributed by atoms with E-state index in [-0.39, 0.29) is 5.91 Å². The summed E-state index contributed by atoms with van der Waals surface area (Å²) < 4.78 is 6.68. The molecule has 0 fully saturated rings. The van der Waals surface area contributed by atoms with Gasteiger partial charge in [-0.25, -0.2) is 4.98 Å². The molecule has 0 aliphatic heterocycles. The molecule has 2 aromatic carbocycles. The fourth-order valence-corrected chi connectivity index (χ4v) is 3.64. The second-order valence-corrected chi connectivity index (χ2v) is 6.90. The number of nitrogens with one attached hydrogen (secondary N) is 1. The molecule has 24 heavy (non-hydrogen) atoms. The van der Waals surface area contributed by atoms with Crippen molar-refractivity contribution in [1.29, 1.82) is 0 Å². The van der Waals surface area contributed by atoms with E-state index in [0.717, 1.165) is 37.3 Å². The van der Waals surface area contributed by atoms with E-state index in [2.05, 4.69) is 10.3 Å². The Kier molecular flexibility index (Phi) is 3.78. The first-order valence-electron chi connectivity index (χ1n) is 7.77. The van der Waals surface area contributed by atoms with Gasteiger partial charge < -0.3 is 9.73 Å². The van der Waals surface area contributed by atoms with Crippen LogP contribution < -0.4 is 5.32 Å². The first-order chi connectivity index (χ1) is 11.7. The van der Waals surface area contributed by atoms with E-state index in [4.69, 9.17) is 4.42 Å². The third kappa shape index (κ3) is 2.90. The SMILES string of the molecule is Cc1ccc2c(CC(=O)NCc3nc4ccccc4s3)coc2c1. The summed E-state index contributed by atoms with van der Waals surface area (Å²) in [5.74, 6) is -0.0301. The predicted octanol–water partition coefficient (Wildman–Crippen LogP) is 4.21. The van der Waals surface area contributed by atoms with E-state index in [0.29, 0.717) is 13.0 Å². The summed E-state index contributed by atoms with van der Waals surface area (Å²) in [5.41, 5.74) is 3.85. The Morgan fingerprint density at radius 3 is 3.00 bits per heavy atom. The average molecular weight is 336 g/mol. The third-order valence-electron chi connectivity index (χ3n) is 3.94. The number of carbonyl (C=O) groups excluding carboxylic acids is 1. The molecule has 0 saturated carbocycles. The summed E-state index contributed by atoms with van der Waals surface area (Å²) in [5, 5.41) is 4.85. The molecule has 0 aliphatic rings. The Bertz CT molecular complexity index is 999. The zero-order valence-corrected chi connectivity index (χ0v) is 14.0. The van der Waals surface area contributed by atoms with E-state index in [1.807, 2.05) is 49.4 Å². The van der Waals surface area contributed by atoms with Gasteiger partial charge in [0, 0.05) is 10.9 Å². The number of aromatic nitrogens is 1. The second kappa shape index (κ2) is 6.09. The molecule has 4 aromatic rings. The van der Waals surface area contributed by atoms with Gasteiger partial charge in [-0.05, 0) is 30.7 Å². The number of nitrogens with zero attached hydrogens (tertiary/aromatic N) is 1. The van der Waals surface area contributed by atoms with Crippen LogP contribution in [0.1, 0.15) is 16.1 Å². The standard InChI is InChI=1S/C19H16N2O2S/c1-12-6-7-14-13(11-23-16(14)8-12)9-18(22)20-10-19-21-15-4-2-3-5-17(15)24-19/h2-8,11H,9-10H2,1H3,(H,20,22). The monoisotopic (exact) mass is 336 g/mol. The first-order valence-corrected chi connectivity index (χ1v) is 8.58. The molecule has 0 spiro atoms. The van der Waals surface area contributed by atoms with E-state index >= 15 is 0 Å². The molecule has 5 heteroatoms. The number of hydrogen-bond donors (Lipinski definition) is 1. The smallest absolute Gasteiger partial charge is 0.224 e. The van der Waals surface area contributed by atoms with Crippen LogP contribution in [0.2, 0.25) is 0 Å². The topological polar surface area (TPSA) is 55.1 Å². The van der Waals surface area contributed by atoms with E-state index in [1.54, 1.807) is 17.6 Å². The van der Waals surface area contributed by atoms with Crippen LogP contribution in [0.4, 0.5) is 0 Å². The van der Waals surface area contributed by atoms with Crippen molar-refractivity contribution in [3.05, 3.63) is 64.9 Å². The molecule has 0 radical (unpaired) electrons. The van der Waals surface area contributed by atoms with Crippen molar-refractivity contribution in [1.82, 2.24) is 10.3 Å². The molecule has 0 bridgehead atoms. The molecular formula is C19H16N2O2S. The van der Waals surface area contributed by atoms with Gasteiger partial charge in [-0.15, -0.1) is 11.3 Å². The van der Waals surface area contributed by atoms with Gasteiger partial charge in [0.2, 0.25) is 5.91 Å². The normalized spacial score (nSPS) is 11.2. The van der Waals surface area contributed by atoms with Gasteiger partial charge in [-0.3, -0.25) is 4.79 Å². The number of amides is 1. The highest BCUT2D eigenvalue weighted by Gasteiger charge is 2.11. The van der Waals surface area contributed by atoms with Crippen molar-refractivity contribution >= 4 is 38.4 Å². The minimum atomic E-state index is -0.0301. The molecule has 0 saturated heterocycles. The summed E-state index contributed by atoms with van der Waals surface area (Å²) in [6, 6.07) is 14.0. The molecular weight excluding hydrogens is 320 g/mol. The van der Waals surface area contributed by atoms with E-state index in [1.165, 1.54) is 0 Å². The van der Waals surface area contributed by atoms with Crippen molar-refractivity contribution in [2.75, 3.05) is 0 Å². The molecule has 120 valence electrons. The van der Waals surface area contributed by atoms with Gasteiger partial charge >= 0.3 is 0 Å². The fourth-order valence-electron chi connectivity index (χ4n) is 2.73. The highest BCUT2D eigenvalue weighted by molar-refractivity contribution is 7.18. The molecule has 0 unspecified atom stereocenters. The minimum Gasteiger partial charge on any atom is -0.464 e. The van der Waals surface area contributed by atoms with Gasteiger partial charge in [-0.1, -0.05) is 24.3 Å². The molecule has 1 N–H and O–H groups in total. The Labute approximate surface area is 143 Å². The van der Waals surface area contributed by atoms with Crippen molar-refractivity contribution < 1.29 is 9.21 Å². The number of rotatable bonds is 4. The summed E-state index contributed by atoms with van der Waals surface area (Å²) in [6.45, 7) is 2.47. The number of para-hydroxylation sites is 1. The lowest BCUT2D eigenvalue weighted by Gasteiger charge is -2.02. The number of furan rings is 1. The van der Waals surface area contributed by atoms with Gasteiger partial charge in [0.25, 0.3) is 0 Å². The Morgan fingerprint density at radius 1 is 1.25 bits per heavy atom. The number of aryl methyl sites for hydroxylation is 1. The van der Waals surface area contributed by atoms with E-state index < -0.39 is 0 Å². The maximum Gasteiger partial charge on any atom is 0.224 e. The molecule has 2 heterocycles. The summed E-state index contributed by atoms with van der Waals surface area (Å²) in [7, 11) is 0. The predicted molar refractivity (Wildman–Crippen MR) is 96.1 cm³/mol. The Morgan fingerprint density at radius 2 is 2.12 bits per heavy atom. The molecule has 0 atom stereocenters. The highest BCUT2D eigenvalue weighted by atomic mass is 32.1.